The number of hydrogen-bond donors (Lipinski definition) is 0. The summed E-state index contributed by atoms with van der Waals surface area (Å²) in [7, 11) is 0. The van der Waals surface area contributed by atoms with Crippen LogP contribution in [0.2, 0.25) is 0 Å². The van der Waals surface area contributed by atoms with Crippen LogP contribution in [0.3, 0.4) is 0 Å². The van der Waals surface area contributed by atoms with Crippen LogP contribution in [-0.2, 0) is 4.84 Å². The molecule has 0 bridgehead atoms. The maximum absolute atomic E-state index is 11.6. The standard InChI is InChI=1S/C10H9NO2/c12-10(9-6-7-13-11-9)8-4-2-1-3-5-8/h1-5H,6-7H2. The molecular weight excluding hydrogens is 166 g/mol. The minimum absolute atomic E-state index is 0.0295. The molecule has 1 aromatic rings. The highest BCUT2D eigenvalue weighted by Crippen LogP contribution is 2.07. The van der Waals surface area contributed by atoms with Crippen LogP contribution >= 0.6 is 0 Å². The third-order valence-corrected chi connectivity index (χ3v) is 1.90. The zero-order valence-corrected chi connectivity index (χ0v) is 7.06. The maximum Gasteiger partial charge on any atom is 0.210 e. The fraction of sp³-hybridized carbons (Fsp3) is 0.200. The van der Waals surface area contributed by atoms with Gasteiger partial charge in [-0.15, -0.1) is 0 Å². The van der Waals surface area contributed by atoms with Crippen molar-refractivity contribution in [3.63, 3.8) is 0 Å². The summed E-state index contributed by atoms with van der Waals surface area (Å²) >= 11 is 0. The minimum atomic E-state index is -0.0295. The third-order valence-electron chi connectivity index (χ3n) is 1.90. The number of Topliss-reactive ketones (excluding diaryl/α,β-unsaturated/α-hetero) is 1. The van der Waals surface area contributed by atoms with Gasteiger partial charge in [0.25, 0.3) is 0 Å². The van der Waals surface area contributed by atoms with Crippen molar-refractivity contribution in [3.8, 4) is 0 Å². The van der Waals surface area contributed by atoms with Gasteiger partial charge in [0.05, 0.1) is 0 Å². The van der Waals surface area contributed by atoms with Gasteiger partial charge in [-0.3, -0.25) is 4.79 Å². The van der Waals surface area contributed by atoms with Crippen molar-refractivity contribution in [3.05, 3.63) is 35.9 Å². The van der Waals surface area contributed by atoms with E-state index in [0.717, 1.165) is 0 Å². The van der Waals surface area contributed by atoms with Crippen LogP contribution in [0.25, 0.3) is 0 Å². The Hall–Kier alpha value is -1.64. The van der Waals surface area contributed by atoms with Gasteiger partial charge >= 0.3 is 0 Å². The molecular formula is C10H9NO2. The Morgan fingerprint density at radius 2 is 2.08 bits per heavy atom. The predicted molar refractivity (Wildman–Crippen MR) is 48.8 cm³/mol. The normalized spacial score (nSPS) is 14.9. The summed E-state index contributed by atoms with van der Waals surface area (Å²) < 4.78 is 0. The Bertz CT molecular complexity index is 343. The number of carbonyl (C=O) groups is 1. The second-order valence-electron chi connectivity index (χ2n) is 2.82. The lowest BCUT2D eigenvalue weighted by atomic mass is 10.1. The number of oxime groups is 1. The van der Waals surface area contributed by atoms with Gasteiger partial charge in [-0.1, -0.05) is 35.5 Å². The van der Waals surface area contributed by atoms with E-state index < -0.39 is 0 Å². The van der Waals surface area contributed by atoms with Crippen LogP contribution in [0.1, 0.15) is 16.8 Å². The predicted octanol–water partition coefficient (Wildman–Crippen LogP) is 1.65. The second-order valence-corrected chi connectivity index (χ2v) is 2.82. The lowest BCUT2D eigenvalue weighted by Gasteiger charge is -1.96. The summed E-state index contributed by atoms with van der Waals surface area (Å²) in [5.41, 5.74) is 1.19. The molecule has 0 radical (unpaired) electrons. The molecule has 0 spiro atoms. The number of hydrogen-bond acceptors (Lipinski definition) is 3. The molecule has 0 unspecified atom stereocenters. The van der Waals surface area contributed by atoms with Crippen molar-refractivity contribution in [1.29, 1.82) is 0 Å². The van der Waals surface area contributed by atoms with Crippen molar-refractivity contribution in [1.82, 2.24) is 0 Å². The Morgan fingerprint density at radius 1 is 1.31 bits per heavy atom. The van der Waals surface area contributed by atoms with Gasteiger partial charge in [-0.25, -0.2) is 0 Å². The van der Waals surface area contributed by atoms with Gasteiger partial charge < -0.3 is 4.84 Å². The molecule has 0 N–H and O–H groups in total. The molecule has 0 aliphatic carbocycles. The van der Waals surface area contributed by atoms with Crippen molar-refractivity contribution in [2.45, 2.75) is 6.42 Å². The van der Waals surface area contributed by atoms with Crippen LogP contribution in [0.4, 0.5) is 0 Å². The molecule has 0 fully saturated rings. The van der Waals surface area contributed by atoms with Crippen molar-refractivity contribution in [2.24, 2.45) is 5.16 Å². The van der Waals surface area contributed by atoms with Crippen molar-refractivity contribution in [2.75, 3.05) is 6.61 Å². The van der Waals surface area contributed by atoms with Crippen LogP contribution in [0.15, 0.2) is 35.5 Å². The maximum atomic E-state index is 11.6. The second kappa shape index (κ2) is 3.39. The summed E-state index contributed by atoms with van der Waals surface area (Å²) in [6.07, 6.45) is 0.619. The molecule has 0 saturated carbocycles. The first-order valence-electron chi connectivity index (χ1n) is 4.16. The highest BCUT2D eigenvalue weighted by atomic mass is 16.6. The van der Waals surface area contributed by atoms with E-state index in [2.05, 4.69) is 5.16 Å². The molecule has 3 heteroatoms. The van der Waals surface area contributed by atoms with E-state index in [1.165, 1.54) is 0 Å². The monoisotopic (exact) mass is 175 g/mol. The zero-order valence-electron chi connectivity index (χ0n) is 7.06. The van der Waals surface area contributed by atoms with Gasteiger partial charge in [0.1, 0.15) is 12.3 Å². The van der Waals surface area contributed by atoms with Gasteiger partial charge in [0.15, 0.2) is 0 Å². The summed E-state index contributed by atoms with van der Waals surface area (Å²) in [6, 6.07) is 9.11. The Labute approximate surface area is 76.0 Å². The Balaban J connectivity index is 2.23. The van der Waals surface area contributed by atoms with Crippen LogP contribution in [0.5, 0.6) is 0 Å². The molecule has 0 atom stereocenters. The van der Waals surface area contributed by atoms with Gasteiger partial charge in [-0.2, -0.15) is 0 Å². The van der Waals surface area contributed by atoms with Gasteiger partial charge in [-0.05, 0) is 0 Å². The highest BCUT2D eigenvalue weighted by molar-refractivity contribution is 6.46. The smallest absolute Gasteiger partial charge is 0.210 e. The van der Waals surface area contributed by atoms with Crippen LogP contribution in [0, 0.1) is 0 Å². The lowest BCUT2D eigenvalue weighted by Crippen LogP contribution is -2.11. The van der Waals surface area contributed by atoms with E-state index in [0.29, 0.717) is 24.3 Å². The molecule has 1 aromatic carbocycles. The van der Waals surface area contributed by atoms with E-state index in [-0.39, 0.29) is 5.78 Å². The fourth-order valence-electron chi connectivity index (χ4n) is 1.22. The number of nitrogens with zero attached hydrogens (tertiary/aromatic N) is 1. The first-order valence-corrected chi connectivity index (χ1v) is 4.16. The number of carbonyl (C=O) groups excluding carboxylic acids is 1. The number of ketones is 1. The summed E-state index contributed by atoms with van der Waals surface area (Å²) in [4.78, 5) is 16.4. The van der Waals surface area contributed by atoms with Gasteiger partial charge in [0, 0.05) is 12.0 Å². The molecule has 0 aromatic heterocycles. The molecule has 66 valence electrons. The zero-order chi connectivity index (χ0) is 9.10. The molecule has 1 heterocycles. The largest absolute Gasteiger partial charge is 0.395 e. The average molecular weight is 175 g/mol. The lowest BCUT2D eigenvalue weighted by molar-refractivity contribution is 0.106. The van der Waals surface area contributed by atoms with Crippen molar-refractivity contribution >= 4 is 11.5 Å². The summed E-state index contributed by atoms with van der Waals surface area (Å²) in [6.45, 7) is 0.522. The quantitative estimate of drug-likeness (QED) is 0.641. The van der Waals surface area contributed by atoms with E-state index in [9.17, 15) is 4.79 Å². The highest BCUT2D eigenvalue weighted by Gasteiger charge is 2.17. The Kier molecular flexibility index (Phi) is 2.08. The SMILES string of the molecule is O=C(C1=NOCC1)c1ccccc1. The van der Waals surface area contributed by atoms with E-state index >= 15 is 0 Å². The fourth-order valence-corrected chi connectivity index (χ4v) is 1.22. The molecule has 13 heavy (non-hydrogen) atoms. The van der Waals surface area contributed by atoms with Gasteiger partial charge in [0.2, 0.25) is 5.78 Å². The summed E-state index contributed by atoms with van der Waals surface area (Å²) in [5.74, 6) is -0.0295. The molecule has 2 rings (SSSR count). The van der Waals surface area contributed by atoms with E-state index in [1.54, 1.807) is 12.1 Å². The summed E-state index contributed by atoms with van der Waals surface area (Å²) in [5, 5.41) is 3.68. The number of rotatable bonds is 2. The van der Waals surface area contributed by atoms with Crippen molar-refractivity contribution < 1.29 is 9.63 Å². The van der Waals surface area contributed by atoms with Crippen LogP contribution < -0.4 is 0 Å². The molecule has 1 aliphatic heterocycles. The molecule has 1 aliphatic rings. The van der Waals surface area contributed by atoms with E-state index in [1.807, 2.05) is 18.2 Å². The average Bonchev–Trinajstić information content (AvgIpc) is 2.71. The topological polar surface area (TPSA) is 38.7 Å². The minimum Gasteiger partial charge on any atom is -0.395 e. The molecule has 0 amide bonds. The van der Waals surface area contributed by atoms with E-state index in [4.69, 9.17) is 4.84 Å². The first-order chi connectivity index (χ1) is 6.38. The van der Waals surface area contributed by atoms with Crippen LogP contribution in [-0.4, -0.2) is 18.1 Å². The molecule has 3 nitrogen and oxygen atoms in total. The number of benzene rings is 1. The third kappa shape index (κ3) is 1.59. The Morgan fingerprint density at radius 3 is 2.69 bits per heavy atom. The first kappa shape index (κ1) is 7.98. The molecule has 0 saturated heterocycles.